The van der Waals surface area contributed by atoms with Crippen LogP contribution in [0.4, 0.5) is 0 Å². The van der Waals surface area contributed by atoms with Crippen LogP contribution in [0.5, 0.6) is 0 Å². The topological polar surface area (TPSA) is 64.9 Å². The third-order valence-corrected chi connectivity index (χ3v) is 2.75. The van der Waals surface area contributed by atoms with Gasteiger partial charge in [-0.3, -0.25) is 4.98 Å². The largest absolute Gasteiger partial charge is 0.322 e. The van der Waals surface area contributed by atoms with Gasteiger partial charge >= 0.3 is 0 Å². The quantitative estimate of drug-likeness (QED) is 0.712. The summed E-state index contributed by atoms with van der Waals surface area (Å²) in [4.78, 5) is 4.15. The van der Waals surface area contributed by atoms with E-state index in [-0.39, 0.29) is 6.04 Å². The Morgan fingerprint density at radius 3 is 2.87 bits per heavy atom. The SMILES string of the molecule is Cc1cc(C2(N)C=CC=CC2N)ccn1. The van der Waals surface area contributed by atoms with Crippen molar-refractivity contribution in [2.75, 3.05) is 0 Å². The maximum absolute atomic E-state index is 6.30. The van der Waals surface area contributed by atoms with Gasteiger partial charge in [-0.25, -0.2) is 0 Å². The number of aromatic nitrogens is 1. The Morgan fingerprint density at radius 2 is 2.20 bits per heavy atom. The Hall–Kier alpha value is -1.45. The van der Waals surface area contributed by atoms with Crippen LogP contribution in [0.25, 0.3) is 0 Å². The Morgan fingerprint density at radius 1 is 1.40 bits per heavy atom. The number of hydrogen-bond donors (Lipinski definition) is 2. The molecule has 0 fully saturated rings. The Labute approximate surface area is 89.5 Å². The van der Waals surface area contributed by atoms with Crippen LogP contribution < -0.4 is 11.5 Å². The average molecular weight is 201 g/mol. The zero-order valence-corrected chi connectivity index (χ0v) is 8.72. The Bertz CT molecular complexity index is 423. The molecule has 0 spiro atoms. The first kappa shape index (κ1) is 10.1. The van der Waals surface area contributed by atoms with Gasteiger partial charge in [-0.2, -0.15) is 0 Å². The van der Waals surface area contributed by atoms with Crippen molar-refractivity contribution in [1.29, 1.82) is 0 Å². The highest BCUT2D eigenvalue weighted by molar-refractivity contribution is 5.37. The van der Waals surface area contributed by atoms with E-state index in [4.69, 9.17) is 11.5 Å². The van der Waals surface area contributed by atoms with Crippen molar-refractivity contribution in [1.82, 2.24) is 4.98 Å². The zero-order valence-electron chi connectivity index (χ0n) is 8.72. The van der Waals surface area contributed by atoms with Gasteiger partial charge in [-0.1, -0.05) is 24.3 Å². The van der Waals surface area contributed by atoms with Gasteiger partial charge in [0.2, 0.25) is 0 Å². The summed E-state index contributed by atoms with van der Waals surface area (Å²) in [6.07, 6.45) is 9.46. The molecule has 1 heterocycles. The van der Waals surface area contributed by atoms with Crippen LogP contribution in [0.15, 0.2) is 42.6 Å². The monoisotopic (exact) mass is 201 g/mol. The summed E-state index contributed by atoms with van der Waals surface area (Å²) in [6.45, 7) is 1.95. The lowest BCUT2D eigenvalue weighted by Gasteiger charge is -2.33. The van der Waals surface area contributed by atoms with E-state index in [2.05, 4.69) is 4.98 Å². The summed E-state index contributed by atoms with van der Waals surface area (Å²) in [7, 11) is 0. The van der Waals surface area contributed by atoms with E-state index in [1.807, 2.05) is 43.4 Å². The molecule has 1 aromatic rings. The van der Waals surface area contributed by atoms with Gasteiger partial charge in [0.1, 0.15) is 0 Å². The first-order valence-electron chi connectivity index (χ1n) is 4.96. The van der Waals surface area contributed by atoms with Gasteiger partial charge in [0.15, 0.2) is 0 Å². The molecule has 0 radical (unpaired) electrons. The van der Waals surface area contributed by atoms with E-state index in [9.17, 15) is 0 Å². The van der Waals surface area contributed by atoms with Crippen molar-refractivity contribution in [2.24, 2.45) is 11.5 Å². The molecule has 3 heteroatoms. The molecule has 1 aliphatic rings. The molecule has 0 bridgehead atoms. The normalized spacial score (nSPS) is 29.4. The molecule has 78 valence electrons. The van der Waals surface area contributed by atoms with Gasteiger partial charge < -0.3 is 11.5 Å². The lowest BCUT2D eigenvalue weighted by molar-refractivity contribution is 0.491. The van der Waals surface area contributed by atoms with Crippen LogP contribution in [-0.2, 0) is 5.54 Å². The lowest BCUT2D eigenvalue weighted by Crippen LogP contribution is -2.51. The minimum absolute atomic E-state index is 0.190. The third kappa shape index (κ3) is 1.71. The van der Waals surface area contributed by atoms with Gasteiger partial charge in [0.25, 0.3) is 0 Å². The number of pyridine rings is 1. The van der Waals surface area contributed by atoms with Gasteiger partial charge in [-0.15, -0.1) is 0 Å². The minimum Gasteiger partial charge on any atom is -0.322 e. The smallest absolute Gasteiger partial charge is 0.0789 e. The van der Waals surface area contributed by atoms with Gasteiger partial charge in [0, 0.05) is 17.9 Å². The molecule has 0 aliphatic heterocycles. The first-order valence-corrected chi connectivity index (χ1v) is 4.96. The fraction of sp³-hybridized carbons (Fsp3) is 0.250. The molecule has 1 aliphatic carbocycles. The number of aryl methyl sites for hydroxylation is 1. The molecule has 2 unspecified atom stereocenters. The molecule has 0 saturated heterocycles. The van der Waals surface area contributed by atoms with Crippen LogP contribution in [0, 0.1) is 6.92 Å². The molecule has 4 N–H and O–H groups in total. The summed E-state index contributed by atoms with van der Waals surface area (Å²) in [6, 6.07) is 3.70. The summed E-state index contributed by atoms with van der Waals surface area (Å²) >= 11 is 0. The molecule has 0 saturated carbocycles. The highest BCUT2D eigenvalue weighted by Crippen LogP contribution is 2.26. The van der Waals surface area contributed by atoms with Crippen LogP contribution >= 0.6 is 0 Å². The van der Waals surface area contributed by atoms with E-state index < -0.39 is 5.54 Å². The van der Waals surface area contributed by atoms with E-state index in [0.29, 0.717) is 0 Å². The zero-order chi connectivity index (χ0) is 10.9. The first-order chi connectivity index (χ1) is 7.13. The predicted octanol–water partition coefficient (Wildman–Crippen LogP) is 0.997. The van der Waals surface area contributed by atoms with Crippen LogP contribution in [0.2, 0.25) is 0 Å². The summed E-state index contributed by atoms with van der Waals surface area (Å²) < 4.78 is 0. The number of nitrogens with zero attached hydrogens (tertiary/aromatic N) is 1. The highest BCUT2D eigenvalue weighted by atomic mass is 14.9. The fourth-order valence-electron chi connectivity index (χ4n) is 1.77. The third-order valence-electron chi connectivity index (χ3n) is 2.75. The molecular formula is C12H15N3. The molecule has 1 aromatic heterocycles. The molecule has 0 amide bonds. The van der Waals surface area contributed by atoms with Gasteiger partial charge in [0.05, 0.1) is 5.54 Å². The fourth-order valence-corrected chi connectivity index (χ4v) is 1.77. The molecule has 2 rings (SSSR count). The molecule has 3 nitrogen and oxygen atoms in total. The number of rotatable bonds is 1. The van der Waals surface area contributed by atoms with Crippen molar-refractivity contribution in [3.63, 3.8) is 0 Å². The molecule has 2 atom stereocenters. The molecule has 15 heavy (non-hydrogen) atoms. The van der Waals surface area contributed by atoms with Crippen LogP contribution in [0.1, 0.15) is 11.3 Å². The Kier molecular flexibility index (Phi) is 2.42. The standard InChI is InChI=1S/C12H15N3/c1-9-8-10(5-7-15-9)12(14)6-3-2-4-11(12)13/h2-8,11H,13-14H2,1H3. The molecular weight excluding hydrogens is 186 g/mol. The summed E-state index contributed by atoms with van der Waals surface area (Å²) in [5.41, 5.74) is 13.7. The predicted molar refractivity (Wildman–Crippen MR) is 61.1 cm³/mol. The summed E-state index contributed by atoms with van der Waals surface area (Å²) in [5, 5.41) is 0. The number of allylic oxidation sites excluding steroid dienone is 2. The van der Waals surface area contributed by atoms with Gasteiger partial charge in [-0.05, 0) is 24.6 Å². The number of hydrogen-bond acceptors (Lipinski definition) is 3. The van der Waals surface area contributed by atoms with Crippen molar-refractivity contribution in [3.8, 4) is 0 Å². The number of nitrogens with two attached hydrogens (primary N) is 2. The highest BCUT2D eigenvalue weighted by Gasteiger charge is 2.31. The van der Waals surface area contributed by atoms with E-state index in [1.54, 1.807) is 6.20 Å². The van der Waals surface area contributed by atoms with Crippen molar-refractivity contribution in [2.45, 2.75) is 18.5 Å². The second kappa shape index (κ2) is 3.61. The van der Waals surface area contributed by atoms with Crippen LogP contribution in [0.3, 0.4) is 0 Å². The maximum Gasteiger partial charge on any atom is 0.0789 e. The van der Waals surface area contributed by atoms with Crippen LogP contribution in [-0.4, -0.2) is 11.0 Å². The van der Waals surface area contributed by atoms with E-state index in [1.165, 1.54) is 0 Å². The van der Waals surface area contributed by atoms with Crippen molar-refractivity contribution < 1.29 is 0 Å². The summed E-state index contributed by atoms with van der Waals surface area (Å²) in [5.74, 6) is 0. The maximum atomic E-state index is 6.30. The second-order valence-electron chi connectivity index (χ2n) is 3.89. The average Bonchev–Trinajstić information content (AvgIpc) is 2.23. The minimum atomic E-state index is -0.609. The second-order valence-corrected chi connectivity index (χ2v) is 3.89. The van der Waals surface area contributed by atoms with Crippen molar-refractivity contribution >= 4 is 0 Å². The molecule has 0 aromatic carbocycles. The lowest BCUT2D eigenvalue weighted by atomic mass is 9.81. The van der Waals surface area contributed by atoms with E-state index in [0.717, 1.165) is 11.3 Å². The van der Waals surface area contributed by atoms with E-state index >= 15 is 0 Å². The Balaban J connectivity index is 2.45. The van der Waals surface area contributed by atoms with Crippen molar-refractivity contribution in [3.05, 3.63) is 53.9 Å².